The summed E-state index contributed by atoms with van der Waals surface area (Å²) in [6.07, 6.45) is 3.18. The average Bonchev–Trinajstić information content (AvgIpc) is 2.69. The van der Waals surface area contributed by atoms with Gasteiger partial charge in [-0.3, -0.25) is 4.79 Å². The van der Waals surface area contributed by atoms with Crippen LogP contribution < -0.4 is 0 Å². The van der Waals surface area contributed by atoms with Crippen LogP contribution in [0.1, 0.15) is 65.0 Å². The van der Waals surface area contributed by atoms with E-state index in [-0.39, 0.29) is 17.5 Å². The third-order valence-corrected chi connectivity index (χ3v) is 6.76. The maximum absolute atomic E-state index is 13.2. The number of hydrogen-bond acceptors (Lipinski definition) is 2. The fourth-order valence-electron chi connectivity index (χ4n) is 4.62. The van der Waals surface area contributed by atoms with Crippen molar-refractivity contribution in [3.63, 3.8) is 0 Å². The molecule has 1 saturated carbocycles. The highest BCUT2D eigenvalue weighted by atomic mass is 16.5. The Kier molecular flexibility index (Phi) is 5.98. The quantitative estimate of drug-likeness (QED) is 0.572. The summed E-state index contributed by atoms with van der Waals surface area (Å²) in [5.74, 6) is 0.786. The molecule has 2 aromatic carbocycles. The summed E-state index contributed by atoms with van der Waals surface area (Å²) in [4.78, 5) is 13.2. The highest BCUT2D eigenvalue weighted by Crippen LogP contribution is 2.44. The van der Waals surface area contributed by atoms with Crippen LogP contribution in [0, 0.1) is 11.8 Å². The van der Waals surface area contributed by atoms with Crippen molar-refractivity contribution in [3.05, 3.63) is 71.8 Å². The van der Waals surface area contributed by atoms with Gasteiger partial charge in [-0.05, 0) is 49.1 Å². The van der Waals surface area contributed by atoms with Gasteiger partial charge in [-0.25, -0.2) is 0 Å². The van der Waals surface area contributed by atoms with Gasteiger partial charge in [-0.2, -0.15) is 0 Å². The number of hydrogen-bond donors (Lipinski definition) is 0. The summed E-state index contributed by atoms with van der Waals surface area (Å²) < 4.78 is 6.26. The van der Waals surface area contributed by atoms with Crippen LogP contribution in [0.2, 0.25) is 0 Å². The lowest BCUT2D eigenvalue weighted by atomic mass is 9.64. The van der Waals surface area contributed by atoms with Crippen molar-refractivity contribution in [1.82, 2.24) is 0 Å². The molecule has 0 N–H and O–H groups in total. The molecule has 0 spiro atoms. The van der Waals surface area contributed by atoms with E-state index in [1.807, 2.05) is 44.2 Å². The smallest absolute Gasteiger partial charge is 0.316 e. The second-order valence-electron chi connectivity index (χ2n) is 9.55. The van der Waals surface area contributed by atoms with Gasteiger partial charge in [0.2, 0.25) is 0 Å². The molecular formula is C26H34O2. The minimum Gasteiger partial charge on any atom is -0.461 e. The maximum atomic E-state index is 13.2. The van der Waals surface area contributed by atoms with E-state index in [0.717, 1.165) is 18.4 Å². The summed E-state index contributed by atoms with van der Waals surface area (Å²) in [6.45, 7) is 10.8. The van der Waals surface area contributed by atoms with Crippen LogP contribution in [0.25, 0.3) is 0 Å². The molecule has 0 aliphatic heterocycles. The van der Waals surface area contributed by atoms with Crippen molar-refractivity contribution in [3.8, 4) is 0 Å². The average molecular weight is 379 g/mol. The molecule has 0 aromatic heterocycles. The zero-order chi connectivity index (χ0) is 20.4. The van der Waals surface area contributed by atoms with E-state index in [1.54, 1.807) is 0 Å². The summed E-state index contributed by atoms with van der Waals surface area (Å²) in [7, 11) is 0. The second-order valence-corrected chi connectivity index (χ2v) is 9.55. The molecule has 0 bridgehead atoms. The summed E-state index contributed by atoms with van der Waals surface area (Å²) >= 11 is 0. The molecule has 0 unspecified atom stereocenters. The largest absolute Gasteiger partial charge is 0.461 e. The molecule has 3 rings (SSSR count). The molecule has 2 aromatic rings. The first-order valence-corrected chi connectivity index (χ1v) is 10.5. The summed E-state index contributed by atoms with van der Waals surface area (Å²) in [5.41, 5.74) is 1.63. The van der Waals surface area contributed by atoms with Gasteiger partial charge in [0.05, 0.1) is 5.41 Å². The molecule has 1 aliphatic rings. The molecule has 0 amide bonds. The van der Waals surface area contributed by atoms with Gasteiger partial charge in [0, 0.05) is 5.92 Å². The van der Waals surface area contributed by atoms with Gasteiger partial charge in [0.1, 0.15) is 6.10 Å². The number of carbonyl (C=O) groups is 1. The lowest BCUT2D eigenvalue weighted by Crippen LogP contribution is -2.45. The maximum Gasteiger partial charge on any atom is 0.316 e. The first kappa shape index (κ1) is 20.6. The van der Waals surface area contributed by atoms with Gasteiger partial charge in [-0.15, -0.1) is 0 Å². The normalized spacial score (nSPS) is 23.2. The van der Waals surface area contributed by atoms with Gasteiger partial charge >= 0.3 is 5.97 Å². The van der Waals surface area contributed by atoms with Crippen molar-refractivity contribution in [2.75, 3.05) is 0 Å². The van der Waals surface area contributed by atoms with E-state index in [0.29, 0.717) is 11.8 Å². The van der Waals surface area contributed by atoms with Crippen LogP contribution in [0.4, 0.5) is 0 Å². The van der Waals surface area contributed by atoms with Crippen LogP contribution in [0.15, 0.2) is 60.7 Å². The van der Waals surface area contributed by atoms with Crippen LogP contribution in [0.5, 0.6) is 0 Å². The fourth-order valence-corrected chi connectivity index (χ4v) is 4.62. The van der Waals surface area contributed by atoms with Crippen LogP contribution in [-0.4, -0.2) is 12.1 Å². The third kappa shape index (κ3) is 4.16. The van der Waals surface area contributed by atoms with Gasteiger partial charge in [0.15, 0.2) is 0 Å². The van der Waals surface area contributed by atoms with Crippen LogP contribution in [0.3, 0.4) is 0 Å². The Hall–Kier alpha value is -2.09. The van der Waals surface area contributed by atoms with Crippen LogP contribution >= 0.6 is 0 Å². The molecule has 150 valence electrons. The van der Waals surface area contributed by atoms with Crippen molar-refractivity contribution >= 4 is 5.97 Å². The summed E-state index contributed by atoms with van der Waals surface area (Å²) in [5, 5.41) is 0. The Morgan fingerprint density at radius 2 is 1.39 bits per heavy atom. The topological polar surface area (TPSA) is 26.3 Å². The first-order valence-electron chi connectivity index (χ1n) is 10.5. The van der Waals surface area contributed by atoms with E-state index in [2.05, 4.69) is 51.1 Å². The number of benzene rings is 2. The van der Waals surface area contributed by atoms with Gasteiger partial charge in [-0.1, -0.05) is 87.9 Å². The van der Waals surface area contributed by atoms with E-state index in [4.69, 9.17) is 4.74 Å². The molecular weight excluding hydrogens is 344 g/mol. The molecule has 0 heterocycles. The first-order chi connectivity index (χ1) is 13.2. The highest BCUT2D eigenvalue weighted by Gasteiger charge is 2.43. The Bertz CT molecular complexity index is 777. The molecule has 0 radical (unpaired) electrons. The SMILES string of the molecule is C[C@@H]1CC[C@@H](C(C)(C)c2ccccc2)[C@H](OC(=O)C(C)(C)c2ccccc2)C1. The third-order valence-electron chi connectivity index (χ3n) is 6.76. The summed E-state index contributed by atoms with van der Waals surface area (Å²) in [6, 6.07) is 20.6. The zero-order valence-corrected chi connectivity index (χ0v) is 17.9. The van der Waals surface area contributed by atoms with Crippen molar-refractivity contribution in [2.24, 2.45) is 11.8 Å². The Morgan fingerprint density at radius 1 is 0.857 bits per heavy atom. The standard InChI is InChI=1S/C26H34O2/c1-19-16-17-22(25(2,3)20-12-8-6-9-13-20)23(18-19)28-24(27)26(4,5)21-14-10-7-11-15-21/h6-15,19,22-23H,16-18H2,1-5H3/t19-,22-,23-/m1/s1. The number of carbonyl (C=O) groups excluding carboxylic acids is 1. The number of ether oxygens (including phenoxy) is 1. The predicted octanol–water partition coefficient (Wildman–Crippen LogP) is 6.29. The highest BCUT2D eigenvalue weighted by molar-refractivity contribution is 5.82. The van der Waals surface area contributed by atoms with Crippen molar-refractivity contribution in [2.45, 2.75) is 70.8 Å². The lowest BCUT2D eigenvalue weighted by molar-refractivity contribution is -0.162. The molecule has 2 nitrogen and oxygen atoms in total. The predicted molar refractivity (Wildman–Crippen MR) is 115 cm³/mol. The van der Waals surface area contributed by atoms with E-state index < -0.39 is 5.41 Å². The van der Waals surface area contributed by atoms with E-state index >= 15 is 0 Å². The second kappa shape index (κ2) is 8.11. The van der Waals surface area contributed by atoms with Crippen molar-refractivity contribution in [1.29, 1.82) is 0 Å². The Labute approximate surface area is 170 Å². The van der Waals surface area contributed by atoms with Gasteiger partial charge < -0.3 is 4.74 Å². The number of esters is 1. The Morgan fingerprint density at radius 3 is 1.96 bits per heavy atom. The van der Waals surface area contributed by atoms with Gasteiger partial charge in [0.25, 0.3) is 0 Å². The monoisotopic (exact) mass is 378 g/mol. The minimum atomic E-state index is -0.649. The van der Waals surface area contributed by atoms with E-state index in [1.165, 1.54) is 12.0 Å². The minimum absolute atomic E-state index is 0.0385. The Balaban J connectivity index is 1.84. The molecule has 2 heteroatoms. The molecule has 3 atom stereocenters. The molecule has 0 saturated heterocycles. The van der Waals surface area contributed by atoms with Crippen LogP contribution in [-0.2, 0) is 20.4 Å². The lowest BCUT2D eigenvalue weighted by Gasteiger charge is -2.44. The molecule has 1 fully saturated rings. The molecule has 28 heavy (non-hydrogen) atoms. The van der Waals surface area contributed by atoms with E-state index in [9.17, 15) is 4.79 Å². The van der Waals surface area contributed by atoms with Crippen molar-refractivity contribution < 1.29 is 9.53 Å². The fraction of sp³-hybridized carbons (Fsp3) is 0.500. The number of rotatable bonds is 5. The zero-order valence-electron chi connectivity index (χ0n) is 17.9. The molecule has 1 aliphatic carbocycles.